The van der Waals surface area contributed by atoms with E-state index in [1.54, 1.807) is 0 Å². The molecule has 0 aliphatic carbocycles. The molecule has 2 unspecified atom stereocenters. The fourth-order valence-electron chi connectivity index (χ4n) is 9.18. The molecule has 0 fully saturated rings. The van der Waals surface area contributed by atoms with Crippen molar-refractivity contribution in [1.82, 2.24) is 0 Å². The van der Waals surface area contributed by atoms with Crippen LogP contribution in [-0.4, -0.2) is 141 Å². The summed E-state index contributed by atoms with van der Waals surface area (Å²) in [4.78, 5) is 46.9. The normalized spacial score (nSPS) is 14.5. The van der Waals surface area contributed by atoms with Gasteiger partial charge in [-0.1, -0.05) is 185 Å². The van der Waals surface area contributed by atoms with E-state index < -0.39 is 23.9 Å². The molecule has 1 N–H and O–H groups in total. The van der Waals surface area contributed by atoms with Gasteiger partial charge in [-0.2, -0.15) is 0 Å². The predicted octanol–water partition coefficient (Wildman–Crippen LogP) is 13.7. The minimum Gasteiger partial charge on any atom is -0.481 e. The number of carbonyl (C=O) groups excluding carboxylic acids is 3. The van der Waals surface area contributed by atoms with Gasteiger partial charge in [0.2, 0.25) is 0 Å². The average Bonchev–Trinajstić information content (AvgIpc) is 3.38. The highest BCUT2D eigenvalue weighted by Crippen LogP contribution is 2.25. The zero-order valence-electron chi connectivity index (χ0n) is 51.6. The van der Waals surface area contributed by atoms with Crippen LogP contribution in [0.4, 0.5) is 0 Å². The molecular formula is C63H120O15. The Kier molecular flexibility index (Phi) is 52.2. The van der Waals surface area contributed by atoms with Gasteiger partial charge >= 0.3 is 23.9 Å². The number of carboxylic acids is 1. The molecule has 0 saturated heterocycles. The predicted molar refractivity (Wildman–Crippen MR) is 311 cm³/mol. The molecule has 15 nitrogen and oxygen atoms in total. The molecule has 78 heavy (non-hydrogen) atoms. The lowest BCUT2D eigenvalue weighted by atomic mass is 9.91. The van der Waals surface area contributed by atoms with Gasteiger partial charge in [0.25, 0.3) is 0 Å². The third kappa shape index (κ3) is 55.5. The summed E-state index contributed by atoms with van der Waals surface area (Å²) in [5.41, 5.74) is 0. The standard InChI is InChI=1S/C63H120O15/c1-51(2)17-11-19-53(5)21-13-23-55(7)25-15-27-57(9)33-35-74-49-59(75-36-34-58(10)28-16-26-56(8)24-14-22-54(6)20-12-18-52(3)4)50-78-63(68)32-31-62(67)77-48-46-73-44-42-71-40-38-69-37-39-70-41-43-72-45-47-76-61(66)30-29-60(64)65/h51-59H,11-50H2,1-10H3,(H,64,65)/t53-,54-,55-,56-,57?,58?,59-/m1/s1. The summed E-state index contributed by atoms with van der Waals surface area (Å²) in [5, 5.41) is 8.57. The van der Waals surface area contributed by atoms with Crippen LogP contribution in [0.3, 0.4) is 0 Å². The molecule has 462 valence electrons. The number of rotatable bonds is 59. The van der Waals surface area contributed by atoms with Crippen LogP contribution in [0, 0.1) is 47.3 Å². The van der Waals surface area contributed by atoms with Crippen molar-refractivity contribution in [3.8, 4) is 0 Å². The third-order valence-electron chi connectivity index (χ3n) is 14.5. The lowest BCUT2D eigenvalue weighted by molar-refractivity contribution is -0.154. The fourth-order valence-corrected chi connectivity index (χ4v) is 9.18. The molecule has 0 bridgehead atoms. The number of ether oxygens (including phenoxy) is 10. The van der Waals surface area contributed by atoms with Crippen LogP contribution in [0.5, 0.6) is 0 Å². The van der Waals surface area contributed by atoms with Crippen LogP contribution < -0.4 is 0 Å². The van der Waals surface area contributed by atoms with Crippen LogP contribution in [0.1, 0.15) is 223 Å². The Hall–Kier alpha value is -2.40. The van der Waals surface area contributed by atoms with Gasteiger partial charge in [-0.3, -0.25) is 19.2 Å². The fraction of sp³-hybridized carbons (Fsp3) is 0.937. The highest BCUT2D eigenvalue weighted by Gasteiger charge is 2.17. The van der Waals surface area contributed by atoms with Gasteiger partial charge < -0.3 is 52.5 Å². The van der Waals surface area contributed by atoms with Crippen molar-refractivity contribution < 1.29 is 71.7 Å². The first kappa shape index (κ1) is 75.6. The summed E-state index contributed by atoms with van der Waals surface area (Å²) in [6, 6.07) is 0. The van der Waals surface area contributed by atoms with E-state index in [-0.39, 0.29) is 64.8 Å². The molecule has 0 heterocycles. The highest BCUT2D eigenvalue weighted by atomic mass is 16.6. The van der Waals surface area contributed by atoms with Crippen molar-refractivity contribution in [3.05, 3.63) is 0 Å². The Morgan fingerprint density at radius 2 is 0.577 bits per heavy atom. The molecule has 7 atom stereocenters. The first-order valence-electron chi connectivity index (χ1n) is 31.2. The Morgan fingerprint density at radius 1 is 0.295 bits per heavy atom. The Labute approximate surface area is 476 Å². The van der Waals surface area contributed by atoms with E-state index in [4.69, 9.17) is 52.5 Å². The third-order valence-corrected chi connectivity index (χ3v) is 14.5. The largest absolute Gasteiger partial charge is 0.481 e. The second kappa shape index (κ2) is 53.9. The van der Waals surface area contributed by atoms with E-state index >= 15 is 0 Å². The van der Waals surface area contributed by atoms with Crippen LogP contribution in [0.2, 0.25) is 0 Å². The molecular weight excluding hydrogens is 997 g/mol. The second-order valence-electron chi connectivity index (χ2n) is 23.7. The van der Waals surface area contributed by atoms with Gasteiger partial charge in [0, 0.05) is 13.2 Å². The van der Waals surface area contributed by atoms with E-state index in [0.29, 0.717) is 84.5 Å². The van der Waals surface area contributed by atoms with Crippen LogP contribution in [-0.2, 0) is 66.5 Å². The van der Waals surface area contributed by atoms with Gasteiger partial charge in [-0.05, 0) is 60.2 Å². The summed E-state index contributed by atoms with van der Waals surface area (Å²) in [7, 11) is 0. The Balaban J connectivity index is 4.44. The highest BCUT2D eigenvalue weighted by molar-refractivity contribution is 5.77. The number of aliphatic carboxylic acids is 1. The van der Waals surface area contributed by atoms with Gasteiger partial charge in [0.1, 0.15) is 25.9 Å². The minimum atomic E-state index is -1.04. The summed E-state index contributed by atoms with van der Waals surface area (Å²) in [6.45, 7) is 28.7. The summed E-state index contributed by atoms with van der Waals surface area (Å²) in [5.74, 6) is 3.39. The molecule has 0 aliphatic heterocycles. The Bertz CT molecular complexity index is 1380. The van der Waals surface area contributed by atoms with Crippen molar-refractivity contribution in [3.63, 3.8) is 0 Å². The van der Waals surface area contributed by atoms with E-state index in [0.717, 1.165) is 48.3 Å². The second-order valence-corrected chi connectivity index (χ2v) is 23.7. The smallest absolute Gasteiger partial charge is 0.306 e. The zero-order valence-corrected chi connectivity index (χ0v) is 51.6. The molecule has 0 radical (unpaired) electrons. The average molecular weight is 1120 g/mol. The maximum Gasteiger partial charge on any atom is 0.306 e. The van der Waals surface area contributed by atoms with Gasteiger partial charge in [0.05, 0.1) is 98.4 Å². The van der Waals surface area contributed by atoms with Crippen LogP contribution in [0.25, 0.3) is 0 Å². The minimum absolute atomic E-state index is 0.0608. The number of carbonyl (C=O) groups is 4. The quantitative estimate of drug-likeness (QED) is 0.0345. The zero-order chi connectivity index (χ0) is 57.9. The molecule has 0 amide bonds. The topological polar surface area (TPSA) is 181 Å². The van der Waals surface area contributed by atoms with Crippen LogP contribution >= 0.6 is 0 Å². The summed E-state index contributed by atoms with van der Waals surface area (Å²) in [6.07, 6.45) is 24.6. The summed E-state index contributed by atoms with van der Waals surface area (Å²) < 4.78 is 55.4. The first-order chi connectivity index (χ1) is 37.5. The van der Waals surface area contributed by atoms with E-state index in [1.807, 2.05) is 0 Å². The van der Waals surface area contributed by atoms with E-state index in [9.17, 15) is 19.2 Å². The maximum atomic E-state index is 12.8. The van der Waals surface area contributed by atoms with Crippen LogP contribution in [0.15, 0.2) is 0 Å². The molecule has 0 aromatic rings. The number of carboxylic acid groups (broad SMARTS) is 1. The molecule has 15 heteroatoms. The van der Waals surface area contributed by atoms with Gasteiger partial charge in [-0.15, -0.1) is 0 Å². The number of hydrogen-bond acceptors (Lipinski definition) is 14. The van der Waals surface area contributed by atoms with E-state index in [1.165, 1.54) is 116 Å². The SMILES string of the molecule is CC(C)CCC[C@@H](C)CCC[C@@H](C)CCCC(C)CCOC[C@H](COC(=O)CCC(=O)OCCOCCOCCOCCOCCOCCOC(=O)CCC(=O)O)OCCC(C)CCC[C@H](C)CCC[C@H](C)CCCC(C)C. The first-order valence-corrected chi connectivity index (χ1v) is 31.2. The van der Waals surface area contributed by atoms with Crippen molar-refractivity contribution in [2.45, 2.75) is 229 Å². The monoisotopic (exact) mass is 1120 g/mol. The summed E-state index contributed by atoms with van der Waals surface area (Å²) >= 11 is 0. The lowest BCUT2D eigenvalue weighted by Gasteiger charge is -2.21. The molecule has 0 aromatic heterocycles. The van der Waals surface area contributed by atoms with Gasteiger partial charge in [0.15, 0.2) is 0 Å². The lowest BCUT2D eigenvalue weighted by Crippen LogP contribution is -2.28. The number of esters is 3. The number of hydrogen-bond donors (Lipinski definition) is 1. The maximum absolute atomic E-state index is 12.8. The van der Waals surface area contributed by atoms with Crippen molar-refractivity contribution >= 4 is 23.9 Å². The van der Waals surface area contributed by atoms with Gasteiger partial charge in [-0.25, -0.2) is 0 Å². The van der Waals surface area contributed by atoms with Crippen molar-refractivity contribution in [1.29, 1.82) is 0 Å². The van der Waals surface area contributed by atoms with Crippen molar-refractivity contribution in [2.75, 3.05) is 106 Å². The van der Waals surface area contributed by atoms with Crippen molar-refractivity contribution in [2.24, 2.45) is 47.3 Å². The molecule has 0 aliphatic rings. The molecule has 0 saturated carbocycles. The molecule has 0 spiro atoms. The Morgan fingerprint density at radius 3 is 0.910 bits per heavy atom. The molecule has 0 aromatic carbocycles. The van der Waals surface area contributed by atoms with E-state index in [2.05, 4.69) is 69.2 Å². The molecule has 0 rings (SSSR count).